The lowest BCUT2D eigenvalue weighted by Crippen LogP contribution is -2.29. The van der Waals surface area contributed by atoms with E-state index in [1.54, 1.807) is 0 Å². The number of nitrogens with one attached hydrogen (secondary N) is 1. The molecule has 0 atom stereocenters. The summed E-state index contributed by atoms with van der Waals surface area (Å²) in [6.07, 6.45) is 0.807. The van der Waals surface area contributed by atoms with Crippen LogP contribution in [0.3, 0.4) is 0 Å². The molecule has 1 amide bonds. The van der Waals surface area contributed by atoms with Gasteiger partial charge >= 0.3 is 0 Å². The molecular formula is C11H19N3O2. The fraction of sp³-hybridized carbons (Fsp3) is 0.636. The summed E-state index contributed by atoms with van der Waals surface area (Å²) in [5, 5.41) is 7.12. The van der Waals surface area contributed by atoms with Gasteiger partial charge in [0.1, 0.15) is 6.61 Å². The van der Waals surface area contributed by atoms with Crippen LogP contribution in [0.15, 0.2) is 0 Å². The van der Waals surface area contributed by atoms with E-state index in [9.17, 15) is 4.79 Å². The van der Waals surface area contributed by atoms with Gasteiger partial charge in [-0.15, -0.1) is 0 Å². The zero-order chi connectivity index (χ0) is 12.1. The number of hydrogen-bond acceptors (Lipinski definition) is 3. The summed E-state index contributed by atoms with van der Waals surface area (Å²) in [7, 11) is 3.43. The SMILES string of the molecule is COCC(=O)NCCc1c(C)nn(C)c1C. The van der Waals surface area contributed by atoms with Crippen molar-refractivity contribution in [3.63, 3.8) is 0 Å². The van der Waals surface area contributed by atoms with Crippen LogP contribution in [-0.2, 0) is 23.0 Å². The van der Waals surface area contributed by atoms with Gasteiger partial charge < -0.3 is 10.1 Å². The van der Waals surface area contributed by atoms with Gasteiger partial charge in [0.2, 0.25) is 5.91 Å². The third kappa shape index (κ3) is 3.06. The second kappa shape index (κ2) is 5.65. The van der Waals surface area contributed by atoms with E-state index in [1.807, 2.05) is 25.6 Å². The Bertz CT molecular complexity index is 372. The number of methoxy groups -OCH3 is 1. The number of carbonyl (C=O) groups excluding carboxylic acids is 1. The highest BCUT2D eigenvalue weighted by Crippen LogP contribution is 2.11. The molecule has 90 valence electrons. The summed E-state index contributed by atoms with van der Waals surface area (Å²) in [6.45, 7) is 4.76. The van der Waals surface area contributed by atoms with Crippen molar-refractivity contribution >= 4 is 5.91 Å². The number of ether oxygens (including phenoxy) is 1. The molecule has 0 saturated heterocycles. The molecule has 0 aliphatic carbocycles. The molecule has 0 saturated carbocycles. The van der Waals surface area contributed by atoms with Crippen molar-refractivity contribution in [1.82, 2.24) is 15.1 Å². The lowest BCUT2D eigenvalue weighted by Gasteiger charge is -2.04. The Morgan fingerprint density at radius 1 is 1.50 bits per heavy atom. The Morgan fingerprint density at radius 3 is 2.69 bits per heavy atom. The number of rotatable bonds is 5. The van der Waals surface area contributed by atoms with Crippen molar-refractivity contribution in [2.75, 3.05) is 20.3 Å². The molecule has 1 aromatic heterocycles. The highest BCUT2D eigenvalue weighted by Gasteiger charge is 2.09. The van der Waals surface area contributed by atoms with Crippen LogP contribution in [0, 0.1) is 13.8 Å². The van der Waals surface area contributed by atoms with Crippen LogP contribution in [0.25, 0.3) is 0 Å². The predicted octanol–water partition coefficient (Wildman–Crippen LogP) is 0.342. The Balaban J connectivity index is 2.46. The summed E-state index contributed by atoms with van der Waals surface area (Å²) >= 11 is 0. The molecular weight excluding hydrogens is 206 g/mol. The molecule has 0 bridgehead atoms. The molecule has 0 spiro atoms. The van der Waals surface area contributed by atoms with Crippen LogP contribution in [0.1, 0.15) is 17.0 Å². The molecule has 1 aromatic rings. The van der Waals surface area contributed by atoms with E-state index in [4.69, 9.17) is 4.74 Å². The Labute approximate surface area is 95.8 Å². The molecule has 5 heteroatoms. The quantitative estimate of drug-likeness (QED) is 0.786. The number of nitrogens with zero attached hydrogens (tertiary/aromatic N) is 2. The monoisotopic (exact) mass is 225 g/mol. The van der Waals surface area contributed by atoms with Crippen molar-refractivity contribution in [2.45, 2.75) is 20.3 Å². The van der Waals surface area contributed by atoms with Crippen LogP contribution in [0.2, 0.25) is 0 Å². The number of aryl methyl sites for hydroxylation is 2. The maximum Gasteiger partial charge on any atom is 0.245 e. The van der Waals surface area contributed by atoms with Crippen molar-refractivity contribution < 1.29 is 9.53 Å². The molecule has 0 unspecified atom stereocenters. The summed E-state index contributed by atoms with van der Waals surface area (Å²) in [5.41, 5.74) is 3.39. The van der Waals surface area contributed by atoms with Crippen LogP contribution < -0.4 is 5.32 Å². The van der Waals surface area contributed by atoms with Gasteiger partial charge in [0.15, 0.2) is 0 Å². The average molecular weight is 225 g/mol. The van der Waals surface area contributed by atoms with E-state index in [1.165, 1.54) is 12.7 Å². The zero-order valence-electron chi connectivity index (χ0n) is 10.3. The number of amides is 1. The maximum atomic E-state index is 11.2. The Morgan fingerprint density at radius 2 is 2.19 bits per heavy atom. The first-order valence-corrected chi connectivity index (χ1v) is 5.31. The lowest BCUT2D eigenvalue weighted by atomic mass is 10.1. The summed E-state index contributed by atoms with van der Waals surface area (Å²) < 4.78 is 6.59. The lowest BCUT2D eigenvalue weighted by molar-refractivity contribution is -0.124. The van der Waals surface area contributed by atoms with Crippen LogP contribution in [-0.4, -0.2) is 35.9 Å². The minimum absolute atomic E-state index is 0.0818. The molecule has 5 nitrogen and oxygen atoms in total. The first-order chi connectivity index (χ1) is 7.56. The van der Waals surface area contributed by atoms with Gasteiger partial charge in [-0.2, -0.15) is 5.10 Å². The minimum atomic E-state index is -0.0818. The second-order valence-electron chi connectivity index (χ2n) is 3.81. The van der Waals surface area contributed by atoms with Gasteiger partial charge in [-0.3, -0.25) is 9.48 Å². The smallest absolute Gasteiger partial charge is 0.245 e. The fourth-order valence-corrected chi connectivity index (χ4v) is 1.69. The van der Waals surface area contributed by atoms with E-state index < -0.39 is 0 Å². The zero-order valence-corrected chi connectivity index (χ0v) is 10.3. The topological polar surface area (TPSA) is 56.1 Å². The predicted molar refractivity (Wildman–Crippen MR) is 61.3 cm³/mol. The van der Waals surface area contributed by atoms with Crippen molar-refractivity contribution in [2.24, 2.45) is 7.05 Å². The largest absolute Gasteiger partial charge is 0.375 e. The number of aromatic nitrogens is 2. The number of carbonyl (C=O) groups is 1. The van der Waals surface area contributed by atoms with Crippen molar-refractivity contribution in [3.05, 3.63) is 17.0 Å². The third-order valence-corrected chi connectivity index (χ3v) is 2.63. The van der Waals surface area contributed by atoms with Crippen LogP contribution in [0.5, 0.6) is 0 Å². The minimum Gasteiger partial charge on any atom is -0.375 e. The van der Waals surface area contributed by atoms with Gasteiger partial charge in [-0.25, -0.2) is 0 Å². The van der Waals surface area contributed by atoms with Crippen molar-refractivity contribution in [3.8, 4) is 0 Å². The molecule has 1 N–H and O–H groups in total. The second-order valence-corrected chi connectivity index (χ2v) is 3.81. The summed E-state index contributed by atoms with van der Waals surface area (Å²) in [5.74, 6) is -0.0818. The van der Waals surface area contributed by atoms with Gasteiger partial charge in [-0.05, 0) is 25.8 Å². The highest BCUT2D eigenvalue weighted by atomic mass is 16.5. The third-order valence-electron chi connectivity index (χ3n) is 2.63. The van der Waals surface area contributed by atoms with E-state index in [0.717, 1.165) is 17.8 Å². The summed E-state index contributed by atoms with van der Waals surface area (Å²) in [4.78, 5) is 11.2. The Kier molecular flexibility index (Phi) is 4.49. The molecule has 0 aliphatic rings. The average Bonchev–Trinajstić information content (AvgIpc) is 2.45. The van der Waals surface area contributed by atoms with E-state index in [2.05, 4.69) is 10.4 Å². The van der Waals surface area contributed by atoms with E-state index in [0.29, 0.717) is 6.54 Å². The van der Waals surface area contributed by atoms with Gasteiger partial charge in [-0.1, -0.05) is 0 Å². The normalized spacial score (nSPS) is 10.5. The molecule has 0 aliphatic heterocycles. The molecule has 0 aromatic carbocycles. The van der Waals surface area contributed by atoms with Crippen LogP contribution in [0.4, 0.5) is 0 Å². The van der Waals surface area contributed by atoms with E-state index >= 15 is 0 Å². The van der Waals surface area contributed by atoms with Gasteiger partial charge in [0, 0.05) is 26.4 Å². The first-order valence-electron chi connectivity index (χ1n) is 5.31. The molecule has 1 heterocycles. The molecule has 0 fully saturated rings. The maximum absolute atomic E-state index is 11.2. The number of hydrogen-bond donors (Lipinski definition) is 1. The standard InChI is InChI=1S/C11H19N3O2/c1-8-10(9(2)14(3)13-8)5-6-12-11(15)7-16-4/h5-7H2,1-4H3,(H,12,15). The summed E-state index contributed by atoms with van der Waals surface area (Å²) in [6, 6.07) is 0. The molecule has 16 heavy (non-hydrogen) atoms. The van der Waals surface area contributed by atoms with Gasteiger partial charge in [0.25, 0.3) is 0 Å². The van der Waals surface area contributed by atoms with Gasteiger partial charge in [0.05, 0.1) is 5.69 Å². The van der Waals surface area contributed by atoms with E-state index in [-0.39, 0.29) is 12.5 Å². The first kappa shape index (κ1) is 12.7. The Hall–Kier alpha value is -1.36. The molecule has 0 radical (unpaired) electrons. The highest BCUT2D eigenvalue weighted by molar-refractivity contribution is 5.77. The van der Waals surface area contributed by atoms with Crippen molar-refractivity contribution in [1.29, 1.82) is 0 Å². The molecule has 1 rings (SSSR count). The fourth-order valence-electron chi connectivity index (χ4n) is 1.69. The van der Waals surface area contributed by atoms with Crippen LogP contribution >= 0.6 is 0 Å².